The molecule has 4 atom stereocenters. The van der Waals surface area contributed by atoms with E-state index in [2.05, 4.69) is 33.2 Å². The molecule has 2 aliphatic carbocycles. The van der Waals surface area contributed by atoms with Crippen LogP contribution >= 0.6 is 15.9 Å². The first-order valence-corrected chi connectivity index (χ1v) is 8.62. The van der Waals surface area contributed by atoms with Crippen molar-refractivity contribution >= 4 is 34.0 Å². The fraction of sp³-hybridized carbons (Fsp3) is 0.353. The Bertz CT molecular complexity index is 804. The van der Waals surface area contributed by atoms with Gasteiger partial charge in [-0.05, 0) is 46.3 Å². The normalized spacial score (nSPS) is 32.5. The van der Waals surface area contributed by atoms with Crippen molar-refractivity contribution in [2.24, 2.45) is 28.8 Å². The molecule has 24 heavy (non-hydrogen) atoms. The fourth-order valence-corrected chi connectivity index (χ4v) is 4.58. The lowest BCUT2D eigenvalue weighted by Gasteiger charge is -2.13. The van der Waals surface area contributed by atoms with Crippen LogP contribution in [0.3, 0.4) is 0 Å². The summed E-state index contributed by atoms with van der Waals surface area (Å²) in [5.41, 5.74) is 0.720. The molecule has 2 heterocycles. The number of rotatable bonds is 2. The van der Waals surface area contributed by atoms with E-state index in [1.54, 1.807) is 12.1 Å². The van der Waals surface area contributed by atoms with Crippen molar-refractivity contribution in [3.05, 3.63) is 34.3 Å². The van der Waals surface area contributed by atoms with Crippen LogP contribution in [-0.2, 0) is 9.59 Å². The van der Waals surface area contributed by atoms with E-state index in [1.807, 2.05) is 0 Å². The number of amides is 2. The standard InChI is InChI=1S/C17H13BrN2O4/c18-11-5-13-12(23-7-24-13)4-10(11)6-19-20-16(21)14-8-1-2-9(3-8)15(14)17(20)22/h1-2,4-6,8-9,14-15H,3,7H2/t8-,9-,14-,15+/m0/s1. The topological polar surface area (TPSA) is 68.2 Å². The highest BCUT2D eigenvalue weighted by atomic mass is 79.9. The van der Waals surface area contributed by atoms with E-state index in [0.29, 0.717) is 11.5 Å². The molecule has 122 valence electrons. The Labute approximate surface area is 146 Å². The summed E-state index contributed by atoms with van der Waals surface area (Å²) in [6, 6.07) is 3.56. The Morgan fingerprint density at radius 2 is 1.71 bits per heavy atom. The molecule has 1 aromatic rings. The molecule has 7 heteroatoms. The first kappa shape index (κ1) is 14.2. The Hall–Kier alpha value is -2.15. The van der Waals surface area contributed by atoms with E-state index in [9.17, 15) is 9.59 Å². The average molecular weight is 389 g/mol. The third kappa shape index (κ3) is 1.84. The number of halogens is 1. The fourth-order valence-electron chi connectivity index (χ4n) is 4.15. The van der Waals surface area contributed by atoms with Crippen molar-refractivity contribution in [2.45, 2.75) is 6.42 Å². The highest BCUT2D eigenvalue weighted by Crippen LogP contribution is 2.52. The van der Waals surface area contributed by atoms with Crippen LogP contribution in [0.2, 0.25) is 0 Å². The summed E-state index contributed by atoms with van der Waals surface area (Å²) in [6.45, 7) is 0.185. The van der Waals surface area contributed by atoms with Gasteiger partial charge in [0.15, 0.2) is 11.5 Å². The Morgan fingerprint density at radius 3 is 2.38 bits per heavy atom. The summed E-state index contributed by atoms with van der Waals surface area (Å²) in [5.74, 6) is 0.824. The van der Waals surface area contributed by atoms with Gasteiger partial charge in [0.2, 0.25) is 6.79 Å². The minimum Gasteiger partial charge on any atom is -0.454 e. The smallest absolute Gasteiger partial charge is 0.254 e. The van der Waals surface area contributed by atoms with Gasteiger partial charge in [-0.3, -0.25) is 9.59 Å². The van der Waals surface area contributed by atoms with E-state index in [0.717, 1.165) is 21.5 Å². The maximum Gasteiger partial charge on any atom is 0.254 e. The van der Waals surface area contributed by atoms with Gasteiger partial charge >= 0.3 is 0 Å². The van der Waals surface area contributed by atoms with E-state index in [4.69, 9.17) is 9.47 Å². The van der Waals surface area contributed by atoms with Gasteiger partial charge in [0.1, 0.15) is 0 Å². The van der Waals surface area contributed by atoms with E-state index in [1.165, 1.54) is 6.21 Å². The summed E-state index contributed by atoms with van der Waals surface area (Å²) >= 11 is 3.44. The van der Waals surface area contributed by atoms with Crippen LogP contribution in [0.15, 0.2) is 33.9 Å². The first-order chi connectivity index (χ1) is 11.6. The van der Waals surface area contributed by atoms with Crippen molar-refractivity contribution in [3.8, 4) is 11.5 Å². The van der Waals surface area contributed by atoms with Gasteiger partial charge in [-0.15, -0.1) is 0 Å². The van der Waals surface area contributed by atoms with Gasteiger partial charge in [0.25, 0.3) is 11.8 Å². The highest BCUT2D eigenvalue weighted by molar-refractivity contribution is 9.10. The maximum absolute atomic E-state index is 12.6. The van der Waals surface area contributed by atoms with Gasteiger partial charge in [-0.1, -0.05) is 12.2 Å². The van der Waals surface area contributed by atoms with Crippen LogP contribution in [-0.4, -0.2) is 29.8 Å². The largest absolute Gasteiger partial charge is 0.454 e. The maximum atomic E-state index is 12.6. The zero-order chi connectivity index (χ0) is 16.4. The number of ether oxygens (including phenoxy) is 2. The first-order valence-electron chi connectivity index (χ1n) is 7.83. The molecule has 1 saturated carbocycles. The molecule has 0 spiro atoms. The lowest BCUT2D eigenvalue weighted by molar-refractivity contribution is -0.140. The van der Waals surface area contributed by atoms with Crippen LogP contribution in [0.1, 0.15) is 12.0 Å². The number of carbonyl (C=O) groups excluding carboxylic acids is 2. The summed E-state index contributed by atoms with van der Waals surface area (Å²) < 4.78 is 11.4. The summed E-state index contributed by atoms with van der Waals surface area (Å²) in [5, 5.41) is 5.22. The predicted octanol–water partition coefficient (Wildman–Crippen LogP) is 2.32. The van der Waals surface area contributed by atoms with Crippen LogP contribution in [0, 0.1) is 23.7 Å². The molecule has 0 radical (unpaired) electrons. The van der Waals surface area contributed by atoms with Gasteiger partial charge in [-0.2, -0.15) is 10.1 Å². The van der Waals surface area contributed by atoms with E-state index >= 15 is 0 Å². The van der Waals surface area contributed by atoms with Crippen molar-refractivity contribution in [1.29, 1.82) is 0 Å². The Balaban J connectivity index is 1.44. The molecule has 0 unspecified atom stereocenters. The molecule has 0 N–H and O–H groups in total. The van der Waals surface area contributed by atoms with Crippen LogP contribution in [0.25, 0.3) is 0 Å². The minimum absolute atomic E-state index is 0.185. The van der Waals surface area contributed by atoms with Crippen molar-refractivity contribution in [3.63, 3.8) is 0 Å². The molecule has 2 aliphatic heterocycles. The quantitative estimate of drug-likeness (QED) is 0.442. The second kappa shape index (κ2) is 4.92. The number of hydrogen-bond acceptors (Lipinski definition) is 5. The number of fused-ring (bicyclic) bond motifs is 6. The molecule has 2 bridgehead atoms. The van der Waals surface area contributed by atoms with Crippen molar-refractivity contribution in [1.82, 2.24) is 5.01 Å². The zero-order valence-electron chi connectivity index (χ0n) is 12.5. The zero-order valence-corrected chi connectivity index (χ0v) is 14.1. The lowest BCUT2D eigenvalue weighted by Crippen LogP contribution is -2.28. The van der Waals surface area contributed by atoms with Gasteiger partial charge in [-0.25, -0.2) is 0 Å². The number of hydrogen-bond donors (Lipinski definition) is 0. The summed E-state index contributed by atoms with van der Waals surface area (Å²) in [7, 11) is 0. The molecule has 6 nitrogen and oxygen atoms in total. The minimum atomic E-state index is -0.232. The monoisotopic (exact) mass is 388 g/mol. The molecule has 5 rings (SSSR count). The second-order valence-corrected chi connectivity index (χ2v) is 7.31. The number of carbonyl (C=O) groups is 2. The Kier molecular flexibility index (Phi) is 2.92. The van der Waals surface area contributed by atoms with Crippen LogP contribution < -0.4 is 9.47 Å². The van der Waals surface area contributed by atoms with Gasteiger partial charge in [0, 0.05) is 10.0 Å². The molecule has 1 saturated heterocycles. The molecule has 1 aromatic carbocycles. The number of allylic oxidation sites excluding steroid dienone is 2. The number of imide groups is 1. The predicted molar refractivity (Wildman–Crippen MR) is 87.4 cm³/mol. The van der Waals surface area contributed by atoms with Crippen LogP contribution in [0.5, 0.6) is 11.5 Å². The van der Waals surface area contributed by atoms with Gasteiger partial charge < -0.3 is 9.47 Å². The third-order valence-corrected chi connectivity index (χ3v) is 5.94. The molecule has 2 amide bonds. The molecule has 4 aliphatic rings. The van der Waals surface area contributed by atoms with Gasteiger partial charge in [0.05, 0.1) is 18.1 Å². The molecular weight excluding hydrogens is 376 g/mol. The van der Waals surface area contributed by atoms with E-state index < -0.39 is 0 Å². The van der Waals surface area contributed by atoms with Crippen LogP contribution in [0.4, 0.5) is 0 Å². The lowest BCUT2D eigenvalue weighted by atomic mass is 9.85. The average Bonchev–Trinajstić information content (AvgIpc) is 3.31. The van der Waals surface area contributed by atoms with Crippen molar-refractivity contribution in [2.75, 3.05) is 6.79 Å². The number of benzene rings is 1. The second-order valence-electron chi connectivity index (χ2n) is 6.46. The SMILES string of the molecule is O=C1[C@@H]2[C@H](C(=O)N1N=Cc1cc3c(cc1Br)OCO3)[C@H]1C=C[C@H]2C1. The molecular formula is C17H13BrN2O4. The highest BCUT2D eigenvalue weighted by Gasteiger charge is 2.59. The third-order valence-electron chi connectivity index (χ3n) is 5.25. The van der Waals surface area contributed by atoms with E-state index in [-0.39, 0.29) is 42.3 Å². The summed E-state index contributed by atoms with van der Waals surface area (Å²) in [4.78, 5) is 25.2. The summed E-state index contributed by atoms with van der Waals surface area (Å²) in [6.07, 6.45) is 6.56. The number of nitrogens with zero attached hydrogens (tertiary/aromatic N) is 2. The molecule has 2 fully saturated rings. The molecule has 0 aromatic heterocycles. The Morgan fingerprint density at radius 1 is 1.08 bits per heavy atom. The number of hydrazone groups is 1. The van der Waals surface area contributed by atoms with Crippen molar-refractivity contribution < 1.29 is 19.1 Å².